The largest absolute Gasteiger partial charge is 0.330 e. The van der Waals surface area contributed by atoms with Crippen LogP contribution >= 0.6 is 22.6 Å². The van der Waals surface area contributed by atoms with Crippen molar-refractivity contribution in [2.45, 2.75) is 53.0 Å². The highest BCUT2D eigenvalue weighted by molar-refractivity contribution is 14.1. The molecule has 0 spiro atoms. The molecular weight excluding hydrogens is 385 g/mol. The first-order valence-corrected chi connectivity index (χ1v) is 10.3. The van der Waals surface area contributed by atoms with Gasteiger partial charge in [-0.1, -0.05) is 55.0 Å². The molecule has 0 aromatic carbocycles. The number of nitrogens with one attached hydrogen (secondary N) is 1. The zero-order valence-electron chi connectivity index (χ0n) is 14.9. The van der Waals surface area contributed by atoms with E-state index in [1.54, 1.807) is 0 Å². The molecule has 1 unspecified atom stereocenters. The SMILES string of the molecule is C/C(=C\[C@]1(CN)CC1CN)CN[C@@H](CI)C[C@H](C)CC(C)C. The van der Waals surface area contributed by atoms with Gasteiger partial charge in [-0.3, -0.25) is 0 Å². The van der Waals surface area contributed by atoms with Gasteiger partial charge in [0.1, 0.15) is 0 Å². The smallest absolute Gasteiger partial charge is 0.0164 e. The Morgan fingerprint density at radius 1 is 1.32 bits per heavy atom. The summed E-state index contributed by atoms with van der Waals surface area (Å²) in [5.74, 6) is 2.18. The van der Waals surface area contributed by atoms with Crippen molar-refractivity contribution in [2.75, 3.05) is 24.1 Å². The van der Waals surface area contributed by atoms with Gasteiger partial charge in [-0.15, -0.1) is 0 Å². The van der Waals surface area contributed by atoms with E-state index in [1.165, 1.54) is 29.3 Å². The number of rotatable bonds is 11. The van der Waals surface area contributed by atoms with Crippen LogP contribution in [0.2, 0.25) is 0 Å². The Morgan fingerprint density at radius 2 is 2.00 bits per heavy atom. The molecule has 22 heavy (non-hydrogen) atoms. The average Bonchev–Trinajstić information content (AvgIpc) is 3.16. The molecule has 0 radical (unpaired) electrons. The highest BCUT2D eigenvalue weighted by Gasteiger charge is 2.50. The van der Waals surface area contributed by atoms with Crippen LogP contribution in [-0.2, 0) is 0 Å². The van der Waals surface area contributed by atoms with Crippen molar-refractivity contribution < 1.29 is 0 Å². The highest BCUT2D eigenvalue weighted by Crippen LogP contribution is 2.52. The minimum Gasteiger partial charge on any atom is -0.330 e. The molecule has 130 valence electrons. The fourth-order valence-electron chi connectivity index (χ4n) is 3.64. The maximum atomic E-state index is 5.96. The maximum absolute atomic E-state index is 5.96. The average molecular weight is 421 g/mol. The quantitative estimate of drug-likeness (QED) is 0.273. The van der Waals surface area contributed by atoms with Crippen LogP contribution in [0.25, 0.3) is 0 Å². The normalized spacial score (nSPS) is 28.0. The van der Waals surface area contributed by atoms with E-state index in [2.05, 4.69) is 61.7 Å². The van der Waals surface area contributed by atoms with Crippen molar-refractivity contribution in [3.8, 4) is 0 Å². The van der Waals surface area contributed by atoms with Crippen LogP contribution < -0.4 is 16.8 Å². The summed E-state index contributed by atoms with van der Waals surface area (Å²) in [5.41, 5.74) is 13.4. The molecule has 1 aliphatic carbocycles. The van der Waals surface area contributed by atoms with E-state index in [9.17, 15) is 0 Å². The lowest BCUT2D eigenvalue weighted by Crippen LogP contribution is -2.34. The van der Waals surface area contributed by atoms with Crippen molar-refractivity contribution in [3.63, 3.8) is 0 Å². The molecule has 0 aromatic rings. The van der Waals surface area contributed by atoms with Crippen LogP contribution in [0, 0.1) is 23.2 Å². The van der Waals surface area contributed by atoms with Crippen molar-refractivity contribution in [1.82, 2.24) is 5.32 Å². The van der Waals surface area contributed by atoms with Crippen molar-refractivity contribution in [3.05, 3.63) is 11.6 Å². The summed E-state index contributed by atoms with van der Waals surface area (Å²) in [4.78, 5) is 0. The molecule has 0 amide bonds. The summed E-state index contributed by atoms with van der Waals surface area (Å²) in [6, 6.07) is 0.607. The fourth-order valence-corrected chi connectivity index (χ4v) is 4.31. The molecule has 1 rings (SSSR count). The second-order valence-electron chi connectivity index (χ2n) is 7.77. The van der Waals surface area contributed by atoms with Gasteiger partial charge in [-0.2, -0.15) is 0 Å². The van der Waals surface area contributed by atoms with E-state index in [4.69, 9.17) is 11.5 Å². The molecule has 3 nitrogen and oxygen atoms in total. The lowest BCUT2D eigenvalue weighted by Gasteiger charge is -2.22. The Morgan fingerprint density at radius 3 is 2.45 bits per heavy atom. The fraction of sp³-hybridized carbons (Fsp3) is 0.889. The zero-order valence-corrected chi connectivity index (χ0v) is 17.0. The number of hydrogen-bond acceptors (Lipinski definition) is 3. The van der Waals surface area contributed by atoms with Crippen LogP contribution in [0.15, 0.2) is 11.6 Å². The van der Waals surface area contributed by atoms with Gasteiger partial charge in [0.25, 0.3) is 0 Å². The summed E-state index contributed by atoms with van der Waals surface area (Å²) in [7, 11) is 0. The third-order valence-electron chi connectivity index (χ3n) is 4.89. The number of alkyl halides is 1. The minimum atomic E-state index is 0.200. The van der Waals surface area contributed by atoms with Gasteiger partial charge in [0, 0.05) is 29.0 Å². The van der Waals surface area contributed by atoms with E-state index in [-0.39, 0.29) is 5.41 Å². The Kier molecular flexibility index (Phi) is 8.90. The Balaban J connectivity index is 2.42. The summed E-state index contributed by atoms with van der Waals surface area (Å²) >= 11 is 2.50. The topological polar surface area (TPSA) is 64.1 Å². The van der Waals surface area contributed by atoms with E-state index in [0.29, 0.717) is 12.0 Å². The Hall–Kier alpha value is 0.350. The second-order valence-corrected chi connectivity index (χ2v) is 8.65. The van der Waals surface area contributed by atoms with E-state index >= 15 is 0 Å². The third kappa shape index (κ3) is 6.46. The lowest BCUT2D eigenvalue weighted by atomic mass is 9.93. The molecular formula is C18H36IN3. The molecule has 1 aliphatic rings. The Bertz CT molecular complexity index is 356. The summed E-state index contributed by atoms with van der Waals surface area (Å²) in [6.45, 7) is 11.7. The molecule has 1 saturated carbocycles. The summed E-state index contributed by atoms with van der Waals surface area (Å²) < 4.78 is 1.17. The molecule has 4 heteroatoms. The standard InChI is InChI=1S/C18H36IN3/c1-13(2)5-14(3)6-17(9-19)22-11-15(4)7-18(12-21)8-16(18)10-20/h7,13-14,16-17,22H,5-6,8-12,20-21H2,1-4H3/b15-7+/t14-,16?,17-,18-/m1/s1. The summed E-state index contributed by atoms with van der Waals surface area (Å²) in [5, 5.41) is 3.73. The van der Waals surface area contributed by atoms with Gasteiger partial charge in [0.2, 0.25) is 0 Å². The van der Waals surface area contributed by atoms with E-state index in [1.807, 2.05) is 0 Å². The highest BCUT2D eigenvalue weighted by atomic mass is 127. The van der Waals surface area contributed by atoms with Crippen LogP contribution in [0.4, 0.5) is 0 Å². The zero-order chi connectivity index (χ0) is 16.8. The molecule has 4 atom stereocenters. The minimum absolute atomic E-state index is 0.200. The first kappa shape index (κ1) is 20.4. The first-order chi connectivity index (χ1) is 10.4. The van der Waals surface area contributed by atoms with Crippen LogP contribution in [0.3, 0.4) is 0 Å². The monoisotopic (exact) mass is 421 g/mol. The molecule has 0 aliphatic heterocycles. The van der Waals surface area contributed by atoms with Gasteiger partial charge in [-0.25, -0.2) is 0 Å². The number of halogens is 1. The van der Waals surface area contributed by atoms with Crippen LogP contribution in [-0.4, -0.2) is 30.1 Å². The summed E-state index contributed by atoms with van der Waals surface area (Å²) in [6.07, 6.45) is 6.14. The van der Waals surface area contributed by atoms with Crippen molar-refractivity contribution in [2.24, 2.45) is 34.6 Å². The van der Waals surface area contributed by atoms with Gasteiger partial charge >= 0.3 is 0 Å². The van der Waals surface area contributed by atoms with Gasteiger partial charge in [0.05, 0.1) is 0 Å². The third-order valence-corrected chi connectivity index (χ3v) is 5.96. The Labute approximate surface area is 151 Å². The molecule has 0 saturated heterocycles. The van der Waals surface area contributed by atoms with E-state index < -0.39 is 0 Å². The van der Waals surface area contributed by atoms with Crippen LogP contribution in [0.1, 0.15) is 47.0 Å². The molecule has 0 aromatic heterocycles. The maximum Gasteiger partial charge on any atom is 0.0164 e. The van der Waals surface area contributed by atoms with E-state index in [0.717, 1.165) is 31.5 Å². The predicted octanol–water partition coefficient (Wildman–Crippen LogP) is 3.32. The van der Waals surface area contributed by atoms with Gasteiger partial charge in [0.15, 0.2) is 0 Å². The number of hydrogen-bond donors (Lipinski definition) is 3. The lowest BCUT2D eigenvalue weighted by molar-refractivity contribution is 0.372. The predicted molar refractivity (Wildman–Crippen MR) is 106 cm³/mol. The first-order valence-electron chi connectivity index (χ1n) is 8.74. The van der Waals surface area contributed by atoms with Gasteiger partial charge in [-0.05, 0) is 50.5 Å². The van der Waals surface area contributed by atoms with Gasteiger partial charge < -0.3 is 16.8 Å². The van der Waals surface area contributed by atoms with Crippen LogP contribution in [0.5, 0.6) is 0 Å². The molecule has 1 fully saturated rings. The molecule has 5 N–H and O–H groups in total. The van der Waals surface area contributed by atoms with Crippen molar-refractivity contribution >= 4 is 22.6 Å². The molecule has 0 heterocycles. The van der Waals surface area contributed by atoms with Crippen molar-refractivity contribution in [1.29, 1.82) is 0 Å². The number of nitrogens with two attached hydrogens (primary N) is 2. The molecule has 0 bridgehead atoms. The second kappa shape index (κ2) is 9.60.